The van der Waals surface area contributed by atoms with Crippen molar-refractivity contribution in [2.75, 3.05) is 34.5 Å². The SMILES string of the molecule is C=CC(=O)OCCc1ccc(C2CCC(OC(=O)/C=C/c3ccc(-c4ccc(CCCCC)cc4)c(OCCCC[Si](OC)(OC)OC)c3)CC2)cc1. The second-order valence-electron chi connectivity index (χ2n) is 13.6. The van der Waals surface area contributed by atoms with Crippen LogP contribution in [0.2, 0.25) is 6.04 Å². The molecule has 0 atom stereocenters. The van der Waals surface area contributed by atoms with Crippen LogP contribution in [-0.4, -0.2) is 61.4 Å². The molecular formula is C44H58O8Si. The third-order valence-corrected chi connectivity index (χ3v) is 12.9. The van der Waals surface area contributed by atoms with Crippen LogP contribution in [-0.2, 0) is 45.2 Å². The Kier molecular flexibility index (Phi) is 17.5. The number of rotatable bonds is 22. The van der Waals surface area contributed by atoms with E-state index in [9.17, 15) is 9.59 Å². The van der Waals surface area contributed by atoms with Gasteiger partial charge in [0.1, 0.15) is 11.9 Å². The van der Waals surface area contributed by atoms with Gasteiger partial charge in [-0.2, -0.15) is 0 Å². The smallest absolute Gasteiger partial charge is 0.493 e. The fourth-order valence-electron chi connectivity index (χ4n) is 6.78. The molecule has 286 valence electrons. The maximum atomic E-state index is 12.9. The summed E-state index contributed by atoms with van der Waals surface area (Å²) in [5.41, 5.74) is 6.74. The van der Waals surface area contributed by atoms with E-state index in [2.05, 4.69) is 68.1 Å². The lowest BCUT2D eigenvalue weighted by Crippen LogP contribution is -2.42. The van der Waals surface area contributed by atoms with Crippen LogP contribution < -0.4 is 4.74 Å². The highest BCUT2D eigenvalue weighted by molar-refractivity contribution is 6.60. The van der Waals surface area contributed by atoms with Crippen molar-refractivity contribution >= 4 is 26.8 Å². The Labute approximate surface area is 317 Å². The molecule has 0 saturated heterocycles. The highest BCUT2D eigenvalue weighted by Gasteiger charge is 2.36. The second-order valence-corrected chi connectivity index (χ2v) is 16.7. The molecule has 3 aromatic carbocycles. The number of unbranched alkanes of at least 4 members (excludes halogenated alkanes) is 3. The first-order chi connectivity index (χ1) is 25.8. The van der Waals surface area contributed by atoms with Gasteiger partial charge in [-0.3, -0.25) is 0 Å². The van der Waals surface area contributed by atoms with Gasteiger partial charge in [-0.25, -0.2) is 9.59 Å². The molecule has 1 aliphatic carbocycles. The molecule has 1 saturated carbocycles. The molecule has 0 aromatic heterocycles. The molecule has 9 heteroatoms. The van der Waals surface area contributed by atoms with Gasteiger partial charge in [0.05, 0.1) is 13.2 Å². The molecule has 0 heterocycles. The fraction of sp³-hybridized carbons (Fsp3) is 0.455. The fourth-order valence-corrected chi connectivity index (χ4v) is 8.57. The monoisotopic (exact) mass is 742 g/mol. The zero-order valence-electron chi connectivity index (χ0n) is 32.1. The molecule has 1 aliphatic rings. The molecule has 1 fully saturated rings. The van der Waals surface area contributed by atoms with Crippen molar-refractivity contribution < 1.29 is 37.1 Å². The molecule has 0 aliphatic heterocycles. The Morgan fingerprint density at radius 3 is 2.11 bits per heavy atom. The summed E-state index contributed by atoms with van der Waals surface area (Å²) in [6.45, 7) is 6.51. The van der Waals surface area contributed by atoms with Crippen LogP contribution in [0.4, 0.5) is 0 Å². The van der Waals surface area contributed by atoms with Gasteiger partial charge in [-0.05, 0) is 97.2 Å². The first-order valence-corrected chi connectivity index (χ1v) is 21.0. The number of hydrogen-bond acceptors (Lipinski definition) is 8. The summed E-state index contributed by atoms with van der Waals surface area (Å²) in [6, 6.07) is 24.1. The molecule has 53 heavy (non-hydrogen) atoms. The summed E-state index contributed by atoms with van der Waals surface area (Å²) < 4.78 is 34.1. The average molecular weight is 743 g/mol. The van der Waals surface area contributed by atoms with Crippen molar-refractivity contribution in [3.8, 4) is 16.9 Å². The minimum Gasteiger partial charge on any atom is -0.493 e. The number of benzene rings is 3. The van der Waals surface area contributed by atoms with E-state index in [1.165, 1.54) is 42.5 Å². The van der Waals surface area contributed by atoms with Crippen molar-refractivity contribution in [3.05, 3.63) is 108 Å². The van der Waals surface area contributed by atoms with Crippen LogP contribution >= 0.6 is 0 Å². The topological polar surface area (TPSA) is 89.5 Å². The molecule has 0 unspecified atom stereocenters. The molecule has 0 amide bonds. The molecular weight excluding hydrogens is 685 g/mol. The first kappa shape index (κ1) is 41.7. The van der Waals surface area contributed by atoms with Gasteiger partial charge >= 0.3 is 20.7 Å². The van der Waals surface area contributed by atoms with Crippen LogP contribution in [0.3, 0.4) is 0 Å². The number of carbonyl (C=O) groups excluding carboxylic acids is 2. The van der Waals surface area contributed by atoms with Gasteiger partial charge in [0, 0.05) is 51.5 Å². The average Bonchev–Trinajstić information content (AvgIpc) is 3.19. The number of esters is 2. The largest absolute Gasteiger partial charge is 0.500 e. The van der Waals surface area contributed by atoms with Gasteiger partial charge in [-0.15, -0.1) is 0 Å². The summed E-state index contributed by atoms with van der Waals surface area (Å²) >= 11 is 0. The predicted octanol–water partition coefficient (Wildman–Crippen LogP) is 9.68. The third-order valence-electron chi connectivity index (χ3n) is 10.0. The third kappa shape index (κ3) is 13.4. The van der Waals surface area contributed by atoms with E-state index in [1.807, 2.05) is 12.1 Å². The van der Waals surface area contributed by atoms with Gasteiger partial charge in [0.15, 0.2) is 0 Å². The summed E-state index contributed by atoms with van der Waals surface area (Å²) in [6.07, 6.45) is 15.1. The minimum absolute atomic E-state index is 0.0930. The molecule has 0 bridgehead atoms. The summed E-state index contributed by atoms with van der Waals surface area (Å²) in [7, 11) is 2.28. The molecule has 4 rings (SSSR count). The Hall–Kier alpha value is -4.02. The second kappa shape index (κ2) is 22.3. The van der Waals surface area contributed by atoms with Crippen LogP contribution in [0.25, 0.3) is 17.2 Å². The number of carbonyl (C=O) groups is 2. The van der Waals surface area contributed by atoms with Crippen LogP contribution in [0.15, 0.2) is 85.5 Å². The van der Waals surface area contributed by atoms with Crippen molar-refractivity contribution in [2.45, 2.75) is 95.6 Å². The molecule has 0 spiro atoms. The maximum Gasteiger partial charge on any atom is 0.500 e. The molecule has 0 N–H and O–H groups in total. The zero-order valence-corrected chi connectivity index (χ0v) is 33.1. The van der Waals surface area contributed by atoms with Gasteiger partial charge in [-0.1, -0.05) is 87.0 Å². The molecule has 0 radical (unpaired) electrons. The Bertz CT molecular complexity index is 1580. The van der Waals surface area contributed by atoms with Crippen molar-refractivity contribution in [1.29, 1.82) is 0 Å². The quantitative estimate of drug-likeness (QED) is 0.0435. The van der Waals surface area contributed by atoms with Crippen molar-refractivity contribution in [2.24, 2.45) is 0 Å². The number of hydrogen-bond donors (Lipinski definition) is 0. The van der Waals surface area contributed by atoms with E-state index >= 15 is 0 Å². The highest BCUT2D eigenvalue weighted by atomic mass is 28.4. The van der Waals surface area contributed by atoms with Crippen molar-refractivity contribution in [3.63, 3.8) is 0 Å². The van der Waals surface area contributed by atoms with E-state index in [-0.39, 0.29) is 12.1 Å². The lowest BCUT2D eigenvalue weighted by molar-refractivity contribution is -0.144. The minimum atomic E-state index is -2.63. The summed E-state index contributed by atoms with van der Waals surface area (Å²) in [4.78, 5) is 24.2. The predicted molar refractivity (Wildman–Crippen MR) is 213 cm³/mol. The Balaban J connectivity index is 1.33. The zero-order chi connectivity index (χ0) is 37.9. The molecule has 8 nitrogen and oxygen atoms in total. The summed E-state index contributed by atoms with van der Waals surface area (Å²) in [5, 5.41) is 0. The van der Waals surface area contributed by atoms with Crippen LogP contribution in [0.5, 0.6) is 5.75 Å². The van der Waals surface area contributed by atoms with Crippen LogP contribution in [0, 0.1) is 0 Å². The van der Waals surface area contributed by atoms with Gasteiger partial charge < -0.3 is 27.5 Å². The lowest BCUT2D eigenvalue weighted by atomic mass is 9.82. The van der Waals surface area contributed by atoms with E-state index in [0.717, 1.165) is 72.9 Å². The first-order valence-electron chi connectivity index (χ1n) is 19.1. The van der Waals surface area contributed by atoms with Crippen LogP contribution in [0.1, 0.15) is 92.9 Å². The van der Waals surface area contributed by atoms with E-state index in [1.54, 1.807) is 27.4 Å². The van der Waals surface area contributed by atoms with Gasteiger partial charge in [0.25, 0.3) is 0 Å². The Morgan fingerprint density at radius 1 is 0.774 bits per heavy atom. The summed E-state index contributed by atoms with van der Waals surface area (Å²) in [5.74, 6) is 0.479. The lowest BCUT2D eigenvalue weighted by Gasteiger charge is -2.28. The van der Waals surface area contributed by atoms with E-state index in [0.29, 0.717) is 31.6 Å². The van der Waals surface area contributed by atoms with E-state index in [4.69, 9.17) is 27.5 Å². The maximum absolute atomic E-state index is 12.9. The number of aryl methyl sites for hydroxylation is 1. The van der Waals surface area contributed by atoms with Crippen molar-refractivity contribution in [1.82, 2.24) is 0 Å². The highest BCUT2D eigenvalue weighted by Crippen LogP contribution is 2.35. The van der Waals surface area contributed by atoms with E-state index < -0.39 is 14.8 Å². The standard InChI is InChI=1S/C44H58O8Si/c1-6-8-9-12-34-15-21-39(22-16-34)41-27-17-36(33-42(41)50-30-10-11-32-53(47-3,48-4)49-5)18-28-44(46)52-40-25-23-38(24-26-40)37-19-13-35(14-20-37)29-31-51-43(45)7-2/h7,13-22,27-28,33,38,40H,2,6,8-12,23-26,29-32H2,1,3-5H3/b28-18+. The molecule has 3 aromatic rings. The normalized spacial score (nSPS) is 16.0. The number of ether oxygens (including phenoxy) is 3. The van der Waals surface area contributed by atoms with Gasteiger partial charge in [0.2, 0.25) is 0 Å². The Morgan fingerprint density at radius 2 is 1.45 bits per heavy atom.